The third-order valence-corrected chi connectivity index (χ3v) is 4.12. The largest absolute Gasteiger partial charge is 0.464 e. The molecule has 0 saturated heterocycles. The van der Waals surface area contributed by atoms with Gasteiger partial charge in [-0.3, -0.25) is 0 Å². The quantitative estimate of drug-likeness (QED) is 0.597. The number of pyridine rings is 1. The highest BCUT2D eigenvalue weighted by atomic mass is 32.1. The van der Waals surface area contributed by atoms with Crippen LogP contribution in [-0.4, -0.2) is 15.0 Å². The zero-order valence-corrected chi connectivity index (χ0v) is 11.6. The van der Waals surface area contributed by atoms with E-state index in [4.69, 9.17) is 4.42 Å². The monoisotopic (exact) mass is 281 g/mol. The molecule has 0 bridgehead atoms. The third-order valence-electron chi connectivity index (χ3n) is 3.12. The first-order chi connectivity index (χ1) is 9.79. The summed E-state index contributed by atoms with van der Waals surface area (Å²) in [5.41, 5.74) is 2.57. The summed E-state index contributed by atoms with van der Waals surface area (Å²) < 4.78 is 5.39. The van der Waals surface area contributed by atoms with Crippen LogP contribution in [0, 0.1) is 6.92 Å². The van der Waals surface area contributed by atoms with E-state index >= 15 is 0 Å². The lowest BCUT2D eigenvalue weighted by molar-refractivity contribution is 0.582. The summed E-state index contributed by atoms with van der Waals surface area (Å²) >= 11 is 1.72. The molecular weight excluding hydrogens is 270 g/mol. The summed E-state index contributed by atoms with van der Waals surface area (Å²) in [7, 11) is 0. The zero-order chi connectivity index (χ0) is 13.5. The van der Waals surface area contributed by atoms with E-state index in [1.54, 1.807) is 23.8 Å². The maximum absolute atomic E-state index is 5.39. The van der Waals surface area contributed by atoms with Gasteiger partial charge in [0, 0.05) is 16.6 Å². The Morgan fingerprint density at radius 3 is 2.95 bits per heavy atom. The molecule has 0 unspecified atom stereocenters. The Hall–Kier alpha value is -2.40. The third kappa shape index (κ3) is 1.83. The average molecular weight is 281 g/mol. The van der Waals surface area contributed by atoms with Crippen molar-refractivity contribution in [2.24, 2.45) is 0 Å². The normalized spacial score (nSPS) is 11.2. The summed E-state index contributed by atoms with van der Waals surface area (Å²) in [5, 5.41) is 0. The molecule has 5 heteroatoms. The first kappa shape index (κ1) is 11.4. The van der Waals surface area contributed by atoms with E-state index in [2.05, 4.69) is 34.0 Å². The van der Waals surface area contributed by atoms with Crippen LogP contribution in [0.1, 0.15) is 4.88 Å². The standard InChI is InChI=1S/C15H11N3OS/c1-9-4-5-13(20-9)15-17-11-7-10(8-16-14(11)18-15)12-3-2-6-19-12/h2-8H,1H3,(H,16,17,18). The lowest BCUT2D eigenvalue weighted by Crippen LogP contribution is -1.79. The second-order valence-corrected chi connectivity index (χ2v) is 5.85. The van der Waals surface area contributed by atoms with Crippen LogP contribution < -0.4 is 0 Å². The molecule has 4 rings (SSSR count). The van der Waals surface area contributed by atoms with Crippen molar-refractivity contribution in [1.29, 1.82) is 0 Å². The van der Waals surface area contributed by atoms with Crippen LogP contribution in [-0.2, 0) is 0 Å². The minimum atomic E-state index is 0.793. The van der Waals surface area contributed by atoms with Gasteiger partial charge in [0.2, 0.25) is 0 Å². The Balaban J connectivity index is 1.83. The van der Waals surface area contributed by atoms with Gasteiger partial charge in [-0.05, 0) is 37.3 Å². The predicted molar refractivity (Wildman–Crippen MR) is 79.6 cm³/mol. The fraction of sp³-hybridized carbons (Fsp3) is 0.0667. The number of hydrogen-bond acceptors (Lipinski definition) is 4. The number of fused-ring (bicyclic) bond motifs is 1. The van der Waals surface area contributed by atoms with Crippen molar-refractivity contribution in [2.45, 2.75) is 6.92 Å². The van der Waals surface area contributed by atoms with Gasteiger partial charge in [0.05, 0.1) is 11.1 Å². The molecule has 4 aromatic heterocycles. The molecule has 4 aromatic rings. The second-order valence-electron chi connectivity index (χ2n) is 4.56. The first-order valence-corrected chi connectivity index (χ1v) is 7.08. The van der Waals surface area contributed by atoms with Gasteiger partial charge in [0.25, 0.3) is 0 Å². The molecule has 0 aliphatic heterocycles. The highest BCUT2D eigenvalue weighted by molar-refractivity contribution is 7.15. The maximum atomic E-state index is 5.39. The SMILES string of the molecule is Cc1ccc(-c2nc3cc(-c4ccco4)cnc3[nH]2)s1. The maximum Gasteiger partial charge on any atom is 0.157 e. The van der Waals surface area contributed by atoms with Gasteiger partial charge in [0.1, 0.15) is 17.1 Å². The highest BCUT2D eigenvalue weighted by Gasteiger charge is 2.10. The predicted octanol–water partition coefficient (Wildman–Crippen LogP) is 4.25. The molecule has 4 nitrogen and oxygen atoms in total. The van der Waals surface area contributed by atoms with Crippen molar-refractivity contribution >= 4 is 22.5 Å². The van der Waals surface area contributed by atoms with Gasteiger partial charge in [-0.15, -0.1) is 11.3 Å². The molecule has 0 radical (unpaired) electrons. The molecule has 0 aliphatic carbocycles. The van der Waals surface area contributed by atoms with Crippen LogP contribution in [0.4, 0.5) is 0 Å². The highest BCUT2D eigenvalue weighted by Crippen LogP contribution is 2.28. The van der Waals surface area contributed by atoms with Gasteiger partial charge in [-0.25, -0.2) is 9.97 Å². The van der Waals surface area contributed by atoms with Gasteiger partial charge in [0.15, 0.2) is 5.65 Å². The number of hydrogen-bond donors (Lipinski definition) is 1. The van der Waals surface area contributed by atoms with E-state index < -0.39 is 0 Å². The zero-order valence-electron chi connectivity index (χ0n) is 10.8. The van der Waals surface area contributed by atoms with Crippen molar-refractivity contribution in [3.8, 4) is 22.0 Å². The smallest absolute Gasteiger partial charge is 0.157 e. The molecule has 0 spiro atoms. The molecular formula is C15H11N3OS. The number of nitrogens with one attached hydrogen (secondary N) is 1. The number of nitrogens with zero attached hydrogens (tertiary/aromatic N) is 2. The van der Waals surface area contributed by atoms with Crippen molar-refractivity contribution in [3.05, 3.63) is 47.7 Å². The number of H-pyrrole nitrogens is 1. The molecule has 20 heavy (non-hydrogen) atoms. The minimum Gasteiger partial charge on any atom is -0.464 e. The van der Waals surface area contributed by atoms with E-state index in [0.29, 0.717) is 0 Å². The summed E-state index contributed by atoms with van der Waals surface area (Å²) in [5.74, 6) is 1.66. The van der Waals surface area contributed by atoms with E-state index in [0.717, 1.165) is 33.2 Å². The minimum absolute atomic E-state index is 0.793. The summed E-state index contributed by atoms with van der Waals surface area (Å²) in [6, 6.07) is 9.94. The Morgan fingerprint density at radius 2 is 2.20 bits per heavy atom. The fourth-order valence-corrected chi connectivity index (χ4v) is 2.96. The van der Waals surface area contributed by atoms with E-state index in [1.165, 1.54) is 4.88 Å². The molecule has 1 N–H and O–H groups in total. The molecule has 0 fully saturated rings. The Labute approximate surface area is 119 Å². The number of aromatic amines is 1. The molecule has 0 amide bonds. The van der Waals surface area contributed by atoms with Gasteiger partial charge < -0.3 is 9.40 Å². The summed E-state index contributed by atoms with van der Waals surface area (Å²) in [4.78, 5) is 14.7. The lowest BCUT2D eigenvalue weighted by Gasteiger charge is -1.94. The van der Waals surface area contributed by atoms with E-state index in [-0.39, 0.29) is 0 Å². The van der Waals surface area contributed by atoms with Crippen molar-refractivity contribution < 1.29 is 4.42 Å². The number of imidazole rings is 1. The van der Waals surface area contributed by atoms with Crippen molar-refractivity contribution in [2.75, 3.05) is 0 Å². The number of furan rings is 1. The number of rotatable bonds is 2. The van der Waals surface area contributed by atoms with Crippen LogP contribution in [0.2, 0.25) is 0 Å². The second kappa shape index (κ2) is 4.31. The number of aromatic nitrogens is 3. The Bertz CT molecular complexity index is 874. The van der Waals surface area contributed by atoms with Crippen LogP contribution in [0.3, 0.4) is 0 Å². The molecule has 0 aromatic carbocycles. The van der Waals surface area contributed by atoms with Gasteiger partial charge in [-0.2, -0.15) is 0 Å². The van der Waals surface area contributed by atoms with Crippen LogP contribution in [0.15, 0.2) is 47.2 Å². The average Bonchev–Trinajstić information content (AvgIpc) is 3.17. The molecule has 0 atom stereocenters. The summed E-state index contributed by atoms with van der Waals surface area (Å²) in [6.45, 7) is 2.09. The first-order valence-electron chi connectivity index (χ1n) is 6.26. The van der Waals surface area contributed by atoms with Gasteiger partial charge >= 0.3 is 0 Å². The number of thiophene rings is 1. The molecule has 0 saturated carbocycles. The Kier molecular flexibility index (Phi) is 2.47. The fourth-order valence-electron chi connectivity index (χ4n) is 2.15. The molecule has 98 valence electrons. The van der Waals surface area contributed by atoms with Gasteiger partial charge in [-0.1, -0.05) is 0 Å². The van der Waals surface area contributed by atoms with Crippen molar-refractivity contribution in [1.82, 2.24) is 15.0 Å². The lowest BCUT2D eigenvalue weighted by atomic mass is 10.2. The summed E-state index contributed by atoms with van der Waals surface area (Å²) in [6.07, 6.45) is 3.45. The molecule has 4 heterocycles. The Morgan fingerprint density at radius 1 is 1.25 bits per heavy atom. The van der Waals surface area contributed by atoms with E-state index in [9.17, 15) is 0 Å². The van der Waals surface area contributed by atoms with Crippen LogP contribution >= 0.6 is 11.3 Å². The van der Waals surface area contributed by atoms with Crippen molar-refractivity contribution in [3.63, 3.8) is 0 Å². The molecule has 0 aliphatic rings. The van der Waals surface area contributed by atoms with Crippen LogP contribution in [0.5, 0.6) is 0 Å². The number of aryl methyl sites for hydroxylation is 1. The topological polar surface area (TPSA) is 54.7 Å². The van der Waals surface area contributed by atoms with Crippen LogP contribution in [0.25, 0.3) is 33.2 Å². The van der Waals surface area contributed by atoms with E-state index in [1.807, 2.05) is 18.2 Å².